The van der Waals surface area contributed by atoms with Gasteiger partial charge in [-0.15, -0.1) is 0 Å². The van der Waals surface area contributed by atoms with Crippen molar-refractivity contribution in [2.75, 3.05) is 18.5 Å². The van der Waals surface area contributed by atoms with Crippen molar-refractivity contribution in [1.29, 1.82) is 0 Å². The lowest BCUT2D eigenvalue weighted by Crippen LogP contribution is -2.34. The Morgan fingerprint density at radius 1 is 1.08 bits per heavy atom. The Labute approximate surface area is 154 Å². The fourth-order valence-electron chi connectivity index (χ4n) is 3.05. The lowest BCUT2D eigenvalue weighted by Gasteiger charge is -2.28. The van der Waals surface area contributed by atoms with Gasteiger partial charge in [-0.25, -0.2) is 0 Å². The van der Waals surface area contributed by atoms with Crippen LogP contribution in [0.3, 0.4) is 0 Å². The molecule has 2 aromatic carbocycles. The molecule has 2 amide bonds. The normalized spacial score (nSPS) is 13.1. The van der Waals surface area contributed by atoms with Crippen LogP contribution in [-0.2, 0) is 22.6 Å². The van der Waals surface area contributed by atoms with Crippen LogP contribution in [0, 0.1) is 13.8 Å². The number of nitrogens with zero attached hydrogens (tertiary/aromatic N) is 1. The third kappa shape index (κ3) is 4.23. The molecule has 136 valence electrons. The molecule has 0 saturated heterocycles. The second kappa shape index (κ2) is 7.60. The van der Waals surface area contributed by atoms with Gasteiger partial charge in [-0.1, -0.05) is 12.1 Å². The lowest BCUT2D eigenvalue weighted by atomic mass is 9.99. The molecule has 0 unspecified atom stereocenters. The molecule has 0 fully saturated rings. The van der Waals surface area contributed by atoms with E-state index in [1.54, 1.807) is 6.92 Å². The third-order valence-electron chi connectivity index (χ3n) is 4.80. The lowest BCUT2D eigenvalue weighted by molar-refractivity contribution is -0.129. The first kappa shape index (κ1) is 18.0. The molecule has 1 aliphatic rings. The summed E-state index contributed by atoms with van der Waals surface area (Å²) in [7, 11) is 0. The van der Waals surface area contributed by atoms with Crippen molar-refractivity contribution in [2.45, 2.75) is 33.7 Å². The first-order valence-corrected chi connectivity index (χ1v) is 8.79. The zero-order valence-corrected chi connectivity index (χ0v) is 15.5. The molecule has 0 spiro atoms. The molecule has 0 atom stereocenters. The molecule has 0 saturated carbocycles. The second-order valence-corrected chi connectivity index (χ2v) is 6.76. The molecular weight excluding hydrogens is 328 g/mol. The van der Waals surface area contributed by atoms with Gasteiger partial charge < -0.3 is 15.0 Å². The van der Waals surface area contributed by atoms with E-state index in [0.29, 0.717) is 12.3 Å². The molecule has 0 aliphatic carbocycles. The Hall–Kier alpha value is -2.82. The largest absolute Gasteiger partial charge is 0.484 e. The highest BCUT2D eigenvalue weighted by atomic mass is 16.5. The topological polar surface area (TPSA) is 58.6 Å². The summed E-state index contributed by atoms with van der Waals surface area (Å²) in [5.74, 6) is 0.556. The minimum absolute atomic E-state index is 0.0425. The molecule has 26 heavy (non-hydrogen) atoms. The quantitative estimate of drug-likeness (QED) is 0.919. The van der Waals surface area contributed by atoms with Crippen molar-refractivity contribution < 1.29 is 14.3 Å². The zero-order chi connectivity index (χ0) is 18.7. The number of carbonyl (C=O) groups is 2. The Kier molecular flexibility index (Phi) is 5.26. The van der Waals surface area contributed by atoms with Gasteiger partial charge in [-0.2, -0.15) is 0 Å². The molecule has 0 bridgehead atoms. The number of rotatable bonds is 4. The molecule has 1 N–H and O–H groups in total. The minimum Gasteiger partial charge on any atom is -0.484 e. The van der Waals surface area contributed by atoms with Crippen LogP contribution in [0.1, 0.15) is 29.2 Å². The molecule has 0 aromatic heterocycles. The summed E-state index contributed by atoms with van der Waals surface area (Å²) in [6, 6.07) is 11.6. The zero-order valence-electron chi connectivity index (χ0n) is 15.5. The standard InChI is InChI=1S/C21H24N2O3/c1-14-4-7-20(10-15(14)2)26-13-21(25)22-19-6-5-17-8-9-23(16(3)24)12-18(17)11-19/h4-7,10-11H,8-9,12-13H2,1-3H3,(H,22,25). The Balaban J connectivity index is 1.60. The van der Waals surface area contributed by atoms with Gasteiger partial charge in [-0.3, -0.25) is 9.59 Å². The van der Waals surface area contributed by atoms with E-state index in [1.165, 1.54) is 11.1 Å². The first-order valence-electron chi connectivity index (χ1n) is 8.79. The van der Waals surface area contributed by atoms with Crippen molar-refractivity contribution in [1.82, 2.24) is 4.90 Å². The number of nitrogens with one attached hydrogen (secondary N) is 1. The minimum atomic E-state index is -0.206. The van der Waals surface area contributed by atoms with Crippen LogP contribution in [-0.4, -0.2) is 29.9 Å². The van der Waals surface area contributed by atoms with Crippen molar-refractivity contribution in [3.8, 4) is 5.75 Å². The Morgan fingerprint density at radius 3 is 2.62 bits per heavy atom. The molecule has 3 rings (SSSR count). The maximum Gasteiger partial charge on any atom is 0.262 e. The van der Waals surface area contributed by atoms with Gasteiger partial charge >= 0.3 is 0 Å². The highest BCUT2D eigenvalue weighted by molar-refractivity contribution is 5.92. The van der Waals surface area contributed by atoms with E-state index in [4.69, 9.17) is 4.74 Å². The first-order chi connectivity index (χ1) is 12.4. The number of aryl methyl sites for hydroxylation is 2. The number of anilines is 1. The Bertz CT molecular complexity index is 845. The molecular formula is C21H24N2O3. The fourth-order valence-corrected chi connectivity index (χ4v) is 3.05. The van der Waals surface area contributed by atoms with Crippen LogP contribution in [0.4, 0.5) is 5.69 Å². The number of carbonyl (C=O) groups excluding carboxylic acids is 2. The maximum atomic E-state index is 12.2. The molecule has 5 nitrogen and oxygen atoms in total. The van der Waals surface area contributed by atoms with Gasteiger partial charge in [0.05, 0.1) is 0 Å². The van der Waals surface area contributed by atoms with E-state index in [1.807, 2.05) is 55.1 Å². The van der Waals surface area contributed by atoms with E-state index in [-0.39, 0.29) is 18.4 Å². The molecule has 5 heteroatoms. The summed E-state index contributed by atoms with van der Waals surface area (Å²) < 4.78 is 5.57. The van der Waals surface area contributed by atoms with E-state index < -0.39 is 0 Å². The molecule has 1 aliphatic heterocycles. The summed E-state index contributed by atoms with van der Waals surface area (Å²) in [5, 5.41) is 2.86. The molecule has 2 aromatic rings. The monoisotopic (exact) mass is 352 g/mol. The van der Waals surface area contributed by atoms with E-state index >= 15 is 0 Å². The van der Waals surface area contributed by atoms with Crippen molar-refractivity contribution in [2.24, 2.45) is 0 Å². The average molecular weight is 352 g/mol. The second-order valence-electron chi connectivity index (χ2n) is 6.76. The van der Waals surface area contributed by atoms with Gasteiger partial charge in [-0.05, 0) is 66.8 Å². The van der Waals surface area contributed by atoms with Crippen LogP contribution in [0.15, 0.2) is 36.4 Å². The highest BCUT2D eigenvalue weighted by Crippen LogP contribution is 2.23. The van der Waals surface area contributed by atoms with Gasteiger partial charge in [0.15, 0.2) is 6.61 Å². The van der Waals surface area contributed by atoms with Crippen LogP contribution in [0.25, 0.3) is 0 Å². The van der Waals surface area contributed by atoms with Gasteiger partial charge in [0, 0.05) is 25.7 Å². The summed E-state index contributed by atoms with van der Waals surface area (Å²) in [6.07, 6.45) is 0.846. The average Bonchev–Trinajstić information content (AvgIpc) is 2.62. The van der Waals surface area contributed by atoms with Crippen molar-refractivity contribution in [3.05, 3.63) is 58.7 Å². The Morgan fingerprint density at radius 2 is 1.88 bits per heavy atom. The summed E-state index contributed by atoms with van der Waals surface area (Å²) >= 11 is 0. The van der Waals surface area contributed by atoms with Crippen molar-refractivity contribution in [3.63, 3.8) is 0 Å². The highest BCUT2D eigenvalue weighted by Gasteiger charge is 2.18. The summed E-state index contributed by atoms with van der Waals surface area (Å²) in [5.41, 5.74) is 5.36. The summed E-state index contributed by atoms with van der Waals surface area (Å²) in [4.78, 5) is 25.6. The van der Waals surface area contributed by atoms with Crippen LogP contribution >= 0.6 is 0 Å². The van der Waals surface area contributed by atoms with E-state index in [0.717, 1.165) is 29.8 Å². The number of fused-ring (bicyclic) bond motifs is 1. The number of hydrogen-bond acceptors (Lipinski definition) is 3. The van der Waals surface area contributed by atoms with Crippen LogP contribution in [0.5, 0.6) is 5.75 Å². The van der Waals surface area contributed by atoms with E-state index in [9.17, 15) is 9.59 Å². The fraction of sp³-hybridized carbons (Fsp3) is 0.333. The van der Waals surface area contributed by atoms with Crippen LogP contribution in [0.2, 0.25) is 0 Å². The summed E-state index contributed by atoms with van der Waals surface area (Å²) in [6.45, 7) is 6.93. The third-order valence-corrected chi connectivity index (χ3v) is 4.80. The SMILES string of the molecule is CC(=O)N1CCc2ccc(NC(=O)COc3ccc(C)c(C)c3)cc2C1. The van der Waals surface area contributed by atoms with Gasteiger partial charge in [0.25, 0.3) is 5.91 Å². The van der Waals surface area contributed by atoms with Gasteiger partial charge in [0.1, 0.15) is 5.75 Å². The number of hydrogen-bond donors (Lipinski definition) is 1. The molecule has 0 radical (unpaired) electrons. The predicted octanol–water partition coefficient (Wildman–Crippen LogP) is 3.23. The number of amides is 2. The number of ether oxygens (including phenoxy) is 1. The van der Waals surface area contributed by atoms with Crippen molar-refractivity contribution >= 4 is 17.5 Å². The maximum absolute atomic E-state index is 12.2. The van der Waals surface area contributed by atoms with E-state index in [2.05, 4.69) is 5.32 Å². The predicted molar refractivity (Wildman–Crippen MR) is 101 cm³/mol. The van der Waals surface area contributed by atoms with Crippen LogP contribution < -0.4 is 10.1 Å². The van der Waals surface area contributed by atoms with Gasteiger partial charge in [0.2, 0.25) is 5.91 Å². The number of benzene rings is 2. The smallest absolute Gasteiger partial charge is 0.262 e. The molecule has 1 heterocycles.